The second kappa shape index (κ2) is 8.94. The summed E-state index contributed by atoms with van der Waals surface area (Å²) in [6.07, 6.45) is 18.7. The molecule has 1 aromatic carbocycles. The summed E-state index contributed by atoms with van der Waals surface area (Å²) in [5, 5.41) is 0. The lowest BCUT2D eigenvalue weighted by atomic mass is 9.68. The van der Waals surface area contributed by atoms with Crippen LogP contribution in [0.15, 0.2) is 59.1 Å². The highest BCUT2D eigenvalue weighted by Gasteiger charge is 2.47. The molecule has 0 N–H and O–H groups in total. The Labute approximate surface area is 183 Å². The average molecular weight is 420 g/mol. The van der Waals surface area contributed by atoms with Gasteiger partial charge in [-0.25, -0.2) is 4.39 Å². The number of hydrogen-bond donors (Lipinski definition) is 0. The highest BCUT2D eigenvalue weighted by molar-refractivity contribution is 5.88. The summed E-state index contributed by atoms with van der Waals surface area (Å²) in [5.41, 5.74) is 2.67. The first kappa shape index (κ1) is 20.4. The van der Waals surface area contributed by atoms with Gasteiger partial charge in [0.1, 0.15) is 5.82 Å². The molecule has 2 heterocycles. The van der Waals surface area contributed by atoms with Gasteiger partial charge in [0, 0.05) is 17.7 Å². The summed E-state index contributed by atoms with van der Waals surface area (Å²) in [5.74, 6) is 1.92. The molecule has 1 saturated heterocycles. The van der Waals surface area contributed by atoms with E-state index in [-0.39, 0.29) is 17.7 Å². The van der Waals surface area contributed by atoms with Crippen molar-refractivity contribution in [1.29, 1.82) is 0 Å². The van der Waals surface area contributed by atoms with Crippen molar-refractivity contribution in [2.45, 2.75) is 44.9 Å². The number of esters is 1. The minimum Gasteiger partial charge on any atom is -0.465 e. The molecule has 2 aliphatic heterocycles. The van der Waals surface area contributed by atoms with Crippen molar-refractivity contribution in [3.63, 3.8) is 0 Å². The summed E-state index contributed by atoms with van der Waals surface area (Å²) in [7, 11) is 0. The Morgan fingerprint density at radius 3 is 2.87 bits per heavy atom. The highest BCUT2D eigenvalue weighted by Crippen LogP contribution is 2.49. The number of allylic oxidation sites excluding steroid dienone is 5. The van der Waals surface area contributed by atoms with Crippen LogP contribution in [0.5, 0.6) is 0 Å². The van der Waals surface area contributed by atoms with E-state index < -0.39 is 0 Å². The second-order valence-corrected chi connectivity index (χ2v) is 9.42. The smallest absolute Gasteiger partial charge is 0.309 e. The minimum absolute atomic E-state index is 0.0150. The predicted molar refractivity (Wildman–Crippen MR) is 121 cm³/mol. The number of ether oxygens (including phenoxy) is 1. The molecule has 5 atom stereocenters. The van der Waals surface area contributed by atoms with Crippen molar-refractivity contribution >= 4 is 17.9 Å². The molecule has 31 heavy (non-hydrogen) atoms. The van der Waals surface area contributed by atoms with Crippen LogP contribution in [0.4, 0.5) is 4.39 Å². The molecule has 0 bridgehead atoms. The van der Waals surface area contributed by atoms with Crippen molar-refractivity contribution in [2.75, 3.05) is 6.61 Å². The maximum atomic E-state index is 13.6. The van der Waals surface area contributed by atoms with Gasteiger partial charge >= 0.3 is 5.97 Å². The van der Waals surface area contributed by atoms with Gasteiger partial charge in [-0.2, -0.15) is 0 Å². The van der Waals surface area contributed by atoms with Crippen molar-refractivity contribution in [2.24, 2.45) is 34.6 Å². The summed E-state index contributed by atoms with van der Waals surface area (Å²) < 4.78 is 19.1. The van der Waals surface area contributed by atoms with Crippen LogP contribution in [0.25, 0.3) is 5.70 Å². The third kappa shape index (κ3) is 4.30. The van der Waals surface area contributed by atoms with E-state index in [1.807, 2.05) is 18.4 Å². The number of carbonyl (C=O) groups excluding carboxylic acids is 1. The molecule has 5 unspecified atom stereocenters. The number of hydrogen-bond acceptors (Lipinski definition) is 3. The zero-order chi connectivity index (χ0) is 21.2. The molecule has 4 aliphatic rings. The quantitative estimate of drug-likeness (QED) is 0.553. The minimum atomic E-state index is -0.246. The molecule has 1 aromatic rings. The summed E-state index contributed by atoms with van der Waals surface area (Å²) in [6, 6.07) is 6.58. The van der Waals surface area contributed by atoms with Crippen molar-refractivity contribution in [3.8, 4) is 0 Å². The molecule has 3 fully saturated rings. The van der Waals surface area contributed by atoms with E-state index in [0.717, 1.165) is 42.0 Å². The molecule has 3 nitrogen and oxygen atoms in total. The molecule has 0 amide bonds. The van der Waals surface area contributed by atoms with Crippen LogP contribution in [0.3, 0.4) is 0 Å². The van der Waals surface area contributed by atoms with Gasteiger partial charge in [0.05, 0.1) is 18.2 Å². The van der Waals surface area contributed by atoms with E-state index in [9.17, 15) is 9.18 Å². The van der Waals surface area contributed by atoms with Gasteiger partial charge in [-0.3, -0.25) is 9.79 Å². The van der Waals surface area contributed by atoms with E-state index in [4.69, 9.17) is 4.74 Å². The third-order valence-electron chi connectivity index (χ3n) is 7.69. The monoisotopic (exact) mass is 419 g/mol. The summed E-state index contributed by atoms with van der Waals surface area (Å²) >= 11 is 0. The lowest BCUT2D eigenvalue weighted by Crippen LogP contribution is -2.30. The van der Waals surface area contributed by atoms with Crippen LogP contribution in [0.2, 0.25) is 0 Å². The van der Waals surface area contributed by atoms with Gasteiger partial charge in [0.15, 0.2) is 0 Å². The van der Waals surface area contributed by atoms with Crippen LogP contribution in [0.1, 0.15) is 50.5 Å². The number of benzene rings is 1. The molecule has 0 aromatic heterocycles. The lowest BCUT2D eigenvalue weighted by molar-refractivity contribution is -0.141. The van der Waals surface area contributed by atoms with Gasteiger partial charge < -0.3 is 4.74 Å². The Kier molecular flexibility index (Phi) is 5.89. The Bertz CT molecular complexity index is 960. The van der Waals surface area contributed by atoms with Crippen molar-refractivity contribution in [3.05, 3.63) is 65.5 Å². The molecule has 0 radical (unpaired) electrons. The number of aliphatic imine (C=N–C) groups is 1. The molecular formula is C27H30FNO2. The lowest BCUT2D eigenvalue weighted by Gasteiger charge is -2.36. The second-order valence-electron chi connectivity index (χ2n) is 9.42. The molecule has 2 aliphatic carbocycles. The van der Waals surface area contributed by atoms with Crippen LogP contribution >= 0.6 is 0 Å². The summed E-state index contributed by atoms with van der Waals surface area (Å²) in [6.45, 7) is 0.570. The zero-order valence-electron chi connectivity index (χ0n) is 17.9. The first-order valence-electron chi connectivity index (χ1n) is 11.7. The van der Waals surface area contributed by atoms with Gasteiger partial charge in [-0.1, -0.05) is 55.7 Å². The number of carbonyl (C=O) groups is 1. The van der Waals surface area contributed by atoms with E-state index in [1.54, 1.807) is 6.07 Å². The maximum Gasteiger partial charge on any atom is 0.309 e. The zero-order valence-corrected chi connectivity index (χ0v) is 17.9. The molecule has 5 rings (SSSR count). The number of rotatable bonds is 3. The molecule has 2 saturated carbocycles. The standard InChI is InChI=1S/C27H30FNO2/c28-21-8-4-7-20(15-21)26-10-3-5-18(16-29-26)11-13-23-22-9-2-1-6-19(22)12-14-24-25(23)17-31-27(24)30/h4-5,7-8,10-11,13,15-16,19,22-25H,1-3,6,9,12,14,17H2/b13-11+. The Morgan fingerprint density at radius 2 is 1.97 bits per heavy atom. The Hall–Kier alpha value is -2.49. The first-order chi connectivity index (χ1) is 15.2. The van der Waals surface area contributed by atoms with E-state index >= 15 is 0 Å². The van der Waals surface area contributed by atoms with Gasteiger partial charge in [-0.15, -0.1) is 0 Å². The Morgan fingerprint density at radius 1 is 1.06 bits per heavy atom. The van der Waals surface area contributed by atoms with E-state index in [1.165, 1.54) is 37.8 Å². The molecular weight excluding hydrogens is 389 g/mol. The Balaban J connectivity index is 1.36. The van der Waals surface area contributed by atoms with Crippen molar-refractivity contribution in [1.82, 2.24) is 0 Å². The fourth-order valence-electron chi connectivity index (χ4n) is 6.12. The average Bonchev–Trinajstić information content (AvgIpc) is 2.95. The third-order valence-corrected chi connectivity index (χ3v) is 7.69. The fourth-order valence-corrected chi connectivity index (χ4v) is 6.12. The van der Waals surface area contributed by atoms with E-state index in [2.05, 4.69) is 23.2 Å². The van der Waals surface area contributed by atoms with Crippen LogP contribution in [-0.4, -0.2) is 18.8 Å². The SMILES string of the molecule is O=C1OCC2C1CCC1CCCCC1C2/C=C/C1=CCC=C(c2cccc(F)c2)N=C1. The molecule has 0 spiro atoms. The van der Waals surface area contributed by atoms with E-state index in [0.29, 0.717) is 24.4 Å². The van der Waals surface area contributed by atoms with Crippen molar-refractivity contribution < 1.29 is 13.9 Å². The maximum absolute atomic E-state index is 13.6. The normalized spacial score (nSPS) is 33.1. The number of halogens is 1. The fraction of sp³-hybridized carbons (Fsp3) is 0.481. The van der Waals surface area contributed by atoms with Crippen LogP contribution in [0, 0.1) is 35.4 Å². The van der Waals surface area contributed by atoms with Gasteiger partial charge in [0.2, 0.25) is 0 Å². The van der Waals surface area contributed by atoms with Crippen LogP contribution < -0.4 is 0 Å². The van der Waals surface area contributed by atoms with Gasteiger partial charge in [0.25, 0.3) is 0 Å². The topological polar surface area (TPSA) is 38.7 Å². The van der Waals surface area contributed by atoms with Gasteiger partial charge in [-0.05, 0) is 61.1 Å². The number of cyclic esters (lactones) is 1. The molecule has 4 heteroatoms. The van der Waals surface area contributed by atoms with Crippen LogP contribution in [-0.2, 0) is 9.53 Å². The largest absolute Gasteiger partial charge is 0.465 e. The first-order valence-corrected chi connectivity index (χ1v) is 11.7. The summed E-state index contributed by atoms with van der Waals surface area (Å²) in [4.78, 5) is 17.0. The number of fused-ring (bicyclic) bond motifs is 2. The predicted octanol–water partition coefficient (Wildman–Crippen LogP) is 6.13. The number of nitrogens with zero attached hydrogens (tertiary/aromatic N) is 1. The highest BCUT2D eigenvalue weighted by atomic mass is 19.1. The molecule has 162 valence electrons.